The monoisotopic (exact) mass is 471 g/mol. The third-order valence-electron chi connectivity index (χ3n) is 6.50. The van der Waals surface area contributed by atoms with Gasteiger partial charge in [0.25, 0.3) is 0 Å². The minimum atomic E-state index is -0.406. The molecule has 5 heterocycles. The average Bonchev–Trinajstić information content (AvgIpc) is 3.63. The van der Waals surface area contributed by atoms with E-state index in [1.54, 1.807) is 16.8 Å². The lowest BCUT2D eigenvalue weighted by Gasteiger charge is -2.36. The normalized spacial score (nSPS) is 14.8. The van der Waals surface area contributed by atoms with Gasteiger partial charge in [0.2, 0.25) is 11.9 Å². The molecule has 6 rings (SSSR count). The second kappa shape index (κ2) is 8.44. The first-order valence-corrected chi connectivity index (χ1v) is 11.5. The highest BCUT2D eigenvalue weighted by atomic mass is 16.3. The topological polar surface area (TPSA) is 137 Å². The zero-order valence-corrected chi connectivity index (χ0v) is 19.0. The summed E-state index contributed by atoms with van der Waals surface area (Å²) < 4.78 is 9.00. The van der Waals surface area contributed by atoms with Crippen molar-refractivity contribution in [1.82, 2.24) is 29.3 Å². The fourth-order valence-corrected chi connectivity index (χ4v) is 4.61. The molecule has 0 aliphatic carbocycles. The van der Waals surface area contributed by atoms with Crippen molar-refractivity contribution >= 4 is 34.1 Å². The predicted octanol–water partition coefficient (Wildman–Crippen LogP) is 1.84. The molecule has 0 atom stereocenters. The van der Waals surface area contributed by atoms with Crippen LogP contribution in [0.5, 0.6) is 0 Å². The first-order chi connectivity index (χ1) is 17.1. The minimum absolute atomic E-state index is 0.305. The number of primary amides is 1. The lowest BCUT2D eigenvalue weighted by atomic mass is 10.1. The van der Waals surface area contributed by atoms with Crippen LogP contribution in [0.15, 0.2) is 59.3 Å². The SMILES string of the molecule is NC(=O)c1cccc(N2CCN(CCn3ncc4c3nc(N)n3nc(-c5ccco5)cc43)CC2)c1. The molecule has 11 nitrogen and oxygen atoms in total. The Bertz CT molecular complexity index is 1510. The van der Waals surface area contributed by atoms with E-state index in [2.05, 4.69) is 25.0 Å². The number of benzene rings is 1. The maximum Gasteiger partial charge on any atom is 0.248 e. The minimum Gasteiger partial charge on any atom is -0.463 e. The summed E-state index contributed by atoms with van der Waals surface area (Å²) in [6, 6.07) is 13.1. The molecular formula is C24H25N9O2. The largest absolute Gasteiger partial charge is 0.463 e. The molecule has 11 heteroatoms. The summed E-state index contributed by atoms with van der Waals surface area (Å²) in [5.41, 5.74) is 15.5. The molecule has 5 aromatic rings. The van der Waals surface area contributed by atoms with Crippen LogP contribution in [0.3, 0.4) is 0 Å². The van der Waals surface area contributed by atoms with Crippen LogP contribution < -0.4 is 16.4 Å². The summed E-state index contributed by atoms with van der Waals surface area (Å²) in [4.78, 5) is 20.8. The van der Waals surface area contributed by atoms with Gasteiger partial charge in [0.1, 0.15) is 5.69 Å². The van der Waals surface area contributed by atoms with Crippen molar-refractivity contribution in [3.05, 3.63) is 60.5 Å². The smallest absolute Gasteiger partial charge is 0.248 e. The van der Waals surface area contributed by atoms with Crippen molar-refractivity contribution in [2.75, 3.05) is 43.4 Å². The fourth-order valence-electron chi connectivity index (χ4n) is 4.61. The molecule has 1 aromatic carbocycles. The number of nitrogens with two attached hydrogens (primary N) is 2. The van der Waals surface area contributed by atoms with Gasteiger partial charge >= 0.3 is 0 Å². The van der Waals surface area contributed by atoms with Crippen molar-refractivity contribution < 1.29 is 9.21 Å². The zero-order valence-electron chi connectivity index (χ0n) is 19.0. The molecule has 0 saturated carbocycles. The van der Waals surface area contributed by atoms with Crippen LogP contribution in [0.2, 0.25) is 0 Å². The number of piperazine rings is 1. The molecule has 0 radical (unpaired) electrons. The highest BCUT2D eigenvalue weighted by Crippen LogP contribution is 2.26. The molecule has 1 aliphatic heterocycles. The standard InChI is InChI=1S/C24H25N9O2/c25-22(34)16-3-1-4-17(13-16)31-9-6-30(7-10-31)8-11-32-23-18(15-27-32)20-14-19(21-5-2-12-35-21)29-33(20)24(26)28-23/h1-5,12-15H,6-11H2,(H2,25,34)(H2,26,28). The Morgan fingerprint density at radius 2 is 1.91 bits per heavy atom. The van der Waals surface area contributed by atoms with Crippen LogP contribution in [-0.2, 0) is 6.54 Å². The summed E-state index contributed by atoms with van der Waals surface area (Å²) in [6.07, 6.45) is 3.43. The molecule has 4 aromatic heterocycles. The van der Waals surface area contributed by atoms with Crippen LogP contribution in [-0.4, -0.2) is 67.9 Å². The number of anilines is 2. The Kier molecular flexibility index (Phi) is 5.10. The zero-order chi connectivity index (χ0) is 23.9. The number of amides is 1. The highest BCUT2D eigenvalue weighted by Gasteiger charge is 2.20. The molecule has 0 unspecified atom stereocenters. The van der Waals surface area contributed by atoms with E-state index in [0.29, 0.717) is 29.5 Å². The van der Waals surface area contributed by atoms with Gasteiger partial charge in [-0.15, -0.1) is 0 Å². The van der Waals surface area contributed by atoms with E-state index in [9.17, 15) is 4.79 Å². The van der Waals surface area contributed by atoms with Gasteiger partial charge in [-0.2, -0.15) is 19.7 Å². The number of nitrogens with zero attached hydrogens (tertiary/aromatic N) is 7. The van der Waals surface area contributed by atoms with E-state index < -0.39 is 5.91 Å². The Morgan fingerprint density at radius 1 is 1.06 bits per heavy atom. The third-order valence-corrected chi connectivity index (χ3v) is 6.50. The van der Waals surface area contributed by atoms with Gasteiger partial charge < -0.3 is 20.8 Å². The van der Waals surface area contributed by atoms with Gasteiger partial charge in [0.15, 0.2) is 11.4 Å². The van der Waals surface area contributed by atoms with Gasteiger partial charge in [0.05, 0.1) is 29.9 Å². The summed E-state index contributed by atoms with van der Waals surface area (Å²) in [5, 5.41) is 10.0. The highest BCUT2D eigenvalue weighted by molar-refractivity contribution is 5.94. The summed E-state index contributed by atoms with van der Waals surface area (Å²) in [7, 11) is 0. The van der Waals surface area contributed by atoms with Gasteiger partial charge in [-0.3, -0.25) is 9.69 Å². The van der Waals surface area contributed by atoms with Gasteiger partial charge in [-0.05, 0) is 36.4 Å². The van der Waals surface area contributed by atoms with E-state index in [1.165, 1.54) is 0 Å². The number of hydrogen-bond acceptors (Lipinski definition) is 8. The van der Waals surface area contributed by atoms with Gasteiger partial charge in [-0.1, -0.05) is 6.07 Å². The molecule has 178 valence electrons. The van der Waals surface area contributed by atoms with Crippen molar-refractivity contribution in [2.24, 2.45) is 5.73 Å². The molecule has 35 heavy (non-hydrogen) atoms. The van der Waals surface area contributed by atoms with E-state index in [1.807, 2.05) is 47.3 Å². The molecule has 1 amide bonds. The number of aromatic nitrogens is 5. The second-order valence-corrected chi connectivity index (χ2v) is 8.62. The van der Waals surface area contributed by atoms with Crippen molar-refractivity contribution in [1.29, 1.82) is 0 Å². The lowest BCUT2D eigenvalue weighted by molar-refractivity contribution is 0.100. The van der Waals surface area contributed by atoms with Crippen LogP contribution in [0.1, 0.15) is 10.4 Å². The van der Waals surface area contributed by atoms with E-state index in [4.69, 9.17) is 15.9 Å². The van der Waals surface area contributed by atoms with Crippen molar-refractivity contribution in [3.8, 4) is 11.5 Å². The summed E-state index contributed by atoms with van der Waals surface area (Å²) >= 11 is 0. The Balaban J connectivity index is 1.15. The molecule has 0 bridgehead atoms. The number of fused-ring (bicyclic) bond motifs is 3. The van der Waals surface area contributed by atoms with E-state index in [0.717, 1.165) is 55.0 Å². The van der Waals surface area contributed by atoms with Gasteiger partial charge in [0, 0.05) is 44.0 Å². The number of furan rings is 1. The van der Waals surface area contributed by atoms with Crippen LogP contribution in [0, 0.1) is 0 Å². The Morgan fingerprint density at radius 3 is 2.69 bits per heavy atom. The lowest BCUT2D eigenvalue weighted by Crippen LogP contribution is -2.47. The first kappa shape index (κ1) is 21.2. The summed E-state index contributed by atoms with van der Waals surface area (Å²) in [6.45, 7) is 5.11. The molecule has 4 N–H and O–H groups in total. The second-order valence-electron chi connectivity index (χ2n) is 8.62. The molecule has 1 fully saturated rings. The van der Waals surface area contributed by atoms with Crippen LogP contribution in [0.4, 0.5) is 11.6 Å². The van der Waals surface area contributed by atoms with Crippen molar-refractivity contribution in [3.63, 3.8) is 0 Å². The number of carbonyl (C=O) groups is 1. The fraction of sp³-hybridized carbons (Fsp3) is 0.250. The molecule has 1 saturated heterocycles. The number of nitrogen functional groups attached to an aromatic ring is 1. The van der Waals surface area contributed by atoms with E-state index in [-0.39, 0.29) is 0 Å². The Labute approximate surface area is 200 Å². The summed E-state index contributed by atoms with van der Waals surface area (Å²) in [5.74, 6) is 0.574. The van der Waals surface area contributed by atoms with Crippen LogP contribution >= 0.6 is 0 Å². The molecule has 1 aliphatic rings. The number of rotatable bonds is 6. The average molecular weight is 472 g/mol. The maximum atomic E-state index is 11.5. The number of carbonyl (C=O) groups excluding carboxylic acids is 1. The maximum absolute atomic E-state index is 11.5. The quantitative estimate of drug-likeness (QED) is 0.383. The van der Waals surface area contributed by atoms with Gasteiger partial charge in [-0.25, -0.2) is 4.68 Å². The third kappa shape index (κ3) is 3.85. The Hall–Kier alpha value is -4.38. The van der Waals surface area contributed by atoms with E-state index >= 15 is 0 Å². The molecule has 0 spiro atoms. The predicted molar refractivity (Wildman–Crippen MR) is 132 cm³/mol. The number of hydrogen-bond donors (Lipinski definition) is 2. The van der Waals surface area contributed by atoms with Crippen molar-refractivity contribution in [2.45, 2.75) is 6.54 Å². The first-order valence-electron chi connectivity index (χ1n) is 11.5. The molecular weight excluding hydrogens is 446 g/mol. The van der Waals surface area contributed by atoms with Crippen LogP contribution in [0.25, 0.3) is 28.0 Å².